The molecule has 1 unspecified atom stereocenters. The standard InChI is InChI=1S/C11H22O6/c1-4-14-6-8-15-10(2)9-17-11(12)16-7-5-13-3/h10H,4-9H2,1-3H3. The van der Waals surface area contributed by atoms with Gasteiger partial charge in [0, 0.05) is 13.7 Å². The Morgan fingerprint density at radius 3 is 2.53 bits per heavy atom. The fourth-order valence-electron chi connectivity index (χ4n) is 0.936. The van der Waals surface area contributed by atoms with Crippen molar-refractivity contribution in [1.82, 2.24) is 0 Å². The van der Waals surface area contributed by atoms with E-state index >= 15 is 0 Å². The smallest absolute Gasteiger partial charge is 0.432 e. The largest absolute Gasteiger partial charge is 0.508 e. The molecule has 0 aromatic carbocycles. The van der Waals surface area contributed by atoms with Gasteiger partial charge >= 0.3 is 6.16 Å². The highest BCUT2D eigenvalue weighted by atomic mass is 16.7. The minimum Gasteiger partial charge on any atom is -0.432 e. The first kappa shape index (κ1) is 16.1. The molecule has 0 saturated heterocycles. The Labute approximate surface area is 102 Å². The number of hydrogen-bond acceptors (Lipinski definition) is 6. The SMILES string of the molecule is CCOCCOC(C)COC(=O)OCCOC. The van der Waals surface area contributed by atoms with Crippen molar-refractivity contribution in [1.29, 1.82) is 0 Å². The molecule has 6 nitrogen and oxygen atoms in total. The van der Waals surface area contributed by atoms with E-state index in [4.69, 9.17) is 23.7 Å². The molecule has 0 radical (unpaired) electrons. The van der Waals surface area contributed by atoms with Crippen molar-refractivity contribution in [2.24, 2.45) is 0 Å². The van der Waals surface area contributed by atoms with E-state index in [9.17, 15) is 4.79 Å². The molecule has 0 aliphatic heterocycles. The van der Waals surface area contributed by atoms with Crippen molar-refractivity contribution in [3.63, 3.8) is 0 Å². The highest BCUT2D eigenvalue weighted by Crippen LogP contribution is 1.94. The van der Waals surface area contributed by atoms with Gasteiger partial charge in [0.2, 0.25) is 0 Å². The maximum absolute atomic E-state index is 11.0. The first-order chi connectivity index (χ1) is 8.20. The molecular formula is C11H22O6. The zero-order valence-electron chi connectivity index (χ0n) is 10.8. The van der Waals surface area contributed by atoms with Gasteiger partial charge in [-0.05, 0) is 13.8 Å². The number of carbonyl (C=O) groups excluding carboxylic acids is 1. The summed E-state index contributed by atoms with van der Waals surface area (Å²) in [4.78, 5) is 11.0. The molecule has 1 atom stereocenters. The van der Waals surface area contributed by atoms with Gasteiger partial charge in [0.1, 0.15) is 13.2 Å². The molecule has 0 N–H and O–H groups in total. The fraction of sp³-hybridized carbons (Fsp3) is 0.909. The normalized spacial score (nSPS) is 12.2. The summed E-state index contributed by atoms with van der Waals surface area (Å²) in [5.41, 5.74) is 0. The van der Waals surface area contributed by atoms with E-state index < -0.39 is 6.16 Å². The maximum atomic E-state index is 11.0. The van der Waals surface area contributed by atoms with Crippen LogP contribution in [0.5, 0.6) is 0 Å². The summed E-state index contributed by atoms with van der Waals surface area (Å²) in [7, 11) is 1.53. The predicted octanol–water partition coefficient (Wildman–Crippen LogP) is 1.23. The van der Waals surface area contributed by atoms with Crippen molar-refractivity contribution < 1.29 is 28.5 Å². The molecule has 102 valence electrons. The van der Waals surface area contributed by atoms with Crippen molar-refractivity contribution in [2.45, 2.75) is 20.0 Å². The van der Waals surface area contributed by atoms with Crippen molar-refractivity contribution >= 4 is 6.16 Å². The van der Waals surface area contributed by atoms with Gasteiger partial charge in [-0.15, -0.1) is 0 Å². The highest BCUT2D eigenvalue weighted by molar-refractivity contribution is 5.59. The monoisotopic (exact) mass is 250 g/mol. The summed E-state index contributed by atoms with van der Waals surface area (Å²) >= 11 is 0. The highest BCUT2D eigenvalue weighted by Gasteiger charge is 2.08. The summed E-state index contributed by atoms with van der Waals surface area (Å²) in [5, 5.41) is 0. The average molecular weight is 250 g/mol. The summed E-state index contributed by atoms with van der Waals surface area (Å²) in [6.07, 6.45) is -0.882. The quantitative estimate of drug-likeness (QED) is 0.429. The number of rotatable bonds is 10. The van der Waals surface area contributed by atoms with Gasteiger partial charge in [-0.2, -0.15) is 0 Å². The molecule has 0 bridgehead atoms. The molecular weight excluding hydrogens is 228 g/mol. The lowest BCUT2D eigenvalue weighted by Gasteiger charge is -2.13. The Morgan fingerprint density at radius 2 is 1.88 bits per heavy atom. The Hall–Kier alpha value is -0.850. The van der Waals surface area contributed by atoms with Crippen molar-refractivity contribution in [2.75, 3.05) is 46.8 Å². The maximum Gasteiger partial charge on any atom is 0.508 e. The molecule has 17 heavy (non-hydrogen) atoms. The number of carbonyl (C=O) groups is 1. The van der Waals surface area contributed by atoms with E-state index in [-0.39, 0.29) is 19.3 Å². The van der Waals surface area contributed by atoms with Crippen LogP contribution in [0.15, 0.2) is 0 Å². The second-order valence-corrected chi connectivity index (χ2v) is 3.28. The molecule has 0 fully saturated rings. The molecule has 0 heterocycles. The van der Waals surface area contributed by atoms with Gasteiger partial charge in [-0.25, -0.2) is 4.79 Å². The van der Waals surface area contributed by atoms with E-state index in [1.165, 1.54) is 7.11 Å². The molecule has 0 saturated carbocycles. The van der Waals surface area contributed by atoms with Crippen LogP contribution in [0.1, 0.15) is 13.8 Å². The van der Waals surface area contributed by atoms with Gasteiger partial charge in [0.25, 0.3) is 0 Å². The van der Waals surface area contributed by atoms with E-state index in [0.29, 0.717) is 26.4 Å². The third kappa shape index (κ3) is 11.4. The molecule has 6 heteroatoms. The van der Waals surface area contributed by atoms with Crippen molar-refractivity contribution in [3.8, 4) is 0 Å². The third-order valence-electron chi connectivity index (χ3n) is 1.78. The third-order valence-corrected chi connectivity index (χ3v) is 1.78. The van der Waals surface area contributed by atoms with Crippen LogP contribution in [0.3, 0.4) is 0 Å². The lowest BCUT2D eigenvalue weighted by molar-refractivity contribution is -0.0293. The number of methoxy groups -OCH3 is 1. The van der Waals surface area contributed by atoms with Gasteiger partial charge in [-0.3, -0.25) is 0 Å². The first-order valence-corrected chi connectivity index (χ1v) is 5.68. The molecule has 0 aromatic heterocycles. The Morgan fingerprint density at radius 1 is 1.12 bits per heavy atom. The van der Waals surface area contributed by atoms with E-state index in [1.807, 2.05) is 13.8 Å². The minimum absolute atomic E-state index is 0.165. The average Bonchev–Trinajstić information content (AvgIpc) is 2.32. The fourth-order valence-corrected chi connectivity index (χ4v) is 0.936. The molecule has 0 aliphatic carbocycles. The Bertz CT molecular complexity index is 185. The van der Waals surface area contributed by atoms with Gasteiger partial charge < -0.3 is 23.7 Å². The summed E-state index contributed by atoms with van der Waals surface area (Å²) in [5.74, 6) is 0. The van der Waals surface area contributed by atoms with Crippen LogP contribution in [0.4, 0.5) is 4.79 Å². The van der Waals surface area contributed by atoms with Crippen LogP contribution in [0.2, 0.25) is 0 Å². The van der Waals surface area contributed by atoms with Crippen LogP contribution in [0.25, 0.3) is 0 Å². The molecule has 0 rings (SSSR count). The molecule has 0 amide bonds. The van der Waals surface area contributed by atoms with Gasteiger partial charge in [-0.1, -0.05) is 0 Å². The second kappa shape index (κ2) is 11.6. The van der Waals surface area contributed by atoms with Crippen molar-refractivity contribution in [3.05, 3.63) is 0 Å². The Kier molecular flexibility index (Phi) is 11.0. The molecule has 0 spiro atoms. The van der Waals surface area contributed by atoms with Gasteiger partial charge in [0.15, 0.2) is 0 Å². The topological polar surface area (TPSA) is 63.2 Å². The van der Waals surface area contributed by atoms with Crippen LogP contribution in [-0.2, 0) is 23.7 Å². The zero-order valence-corrected chi connectivity index (χ0v) is 10.8. The lowest BCUT2D eigenvalue weighted by Crippen LogP contribution is -2.22. The number of hydrogen-bond donors (Lipinski definition) is 0. The lowest BCUT2D eigenvalue weighted by atomic mass is 10.4. The van der Waals surface area contributed by atoms with Crippen LogP contribution >= 0.6 is 0 Å². The van der Waals surface area contributed by atoms with E-state index in [1.54, 1.807) is 0 Å². The predicted molar refractivity (Wildman–Crippen MR) is 61.1 cm³/mol. The van der Waals surface area contributed by atoms with E-state index in [2.05, 4.69) is 0 Å². The van der Waals surface area contributed by atoms with E-state index in [0.717, 1.165) is 0 Å². The molecule has 0 aliphatic rings. The van der Waals surface area contributed by atoms with Crippen LogP contribution in [-0.4, -0.2) is 59.0 Å². The van der Waals surface area contributed by atoms with Crippen LogP contribution < -0.4 is 0 Å². The van der Waals surface area contributed by atoms with Crippen LogP contribution in [0, 0.1) is 0 Å². The second-order valence-electron chi connectivity index (χ2n) is 3.28. The van der Waals surface area contributed by atoms with Gasteiger partial charge in [0.05, 0.1) is 25.9 Å². The summed E-state index contributed by atoms with van der Waals surface area (Å²) in [6, 6.07) is 0. The number of ether oxygens (including phenoxy) is 5. The minimum atomic E-state index is -0.706. The zero-order chi connectivity index (χ0) is 12.9. The summed E-state index contributed by atoms with van der Waals surface area (Å²) in [6.45, 7) is 6.13. The Balaban J connectivity index is 3.35. The molecule has 0 aromatic rings. The first-order valence-electron chi connectivity index (χ1n) is 5.68. The summed E-state index contributed by atoms with van der Waals surface area (Å²) < 4.78 is 24.7.